The van der Waals surface area contributed by atoms with Gasteiger partial charge in [-0.15, -0.1) is 0 Å². The Morgan fingerprint density at radius 3 is 2.05 bits per heavy atom. The number of hydrogen-bond acceptors (Lipinski definition) is 9. The zero-order chi connectivity index (χ0) is 14.5. The van der Waals surface area contributed by atoms with E-state index in [9.17, 15) is 29.7 Å². The normalized spacial score (nSPS) is 42.6. The van der Waals surface area contributed by atoms with Gasteiger partial charge in [0.05, 0.1) is 12.8 Å². The van der Waals surface area contributed by atoms with E-state index >= 15 is 0 Å². The van der Waals surface area contributed by atoms with Gasteiger partial charge >= 0.3 is 29.7 Å². The molecule has 0 aromatic heterocycles. The maximum absolute atomic E-state index is 11.7. The van der Waals surface area contributed by atoms with E-state index in [0.29, 0.717) is 0 Å². The highest BCUT2D eigenvalue weighted by Crippen LogP contribution is 2.39. The number of esters is 3. The molecule has 3 unspecified atom stereocenters. The van der Waals surface area contributed by atoms with Crippen molar-refractivity contribution >= 4 is 17.9 Å². The molecule has 2 aliphatic heterocycles. The van der Waals surface area contributed by atoms with E-state index < -0.39 is 54.5 Å². The lowest BCUT2D eigenvalue weighted by Crippen LogP contribution is -2.63. The van der Waals surface area contributed by atoms with Gasteiger partial charge in [0.15, 0.2) is 5.60 Å². The van der Waals surface area contributed by atoms with Gasteiger partial charge in [-0.05, 0) is 0 Å². The number of carbonyl (C=O) groups excluding carboxylic acids is 3. The van der Waals surface area contributed by atoms with E-state index in [-0.39, 0.29) is 0 Å². The van der Waals surface area contributed by atoms with E-state index in [1.165, 1.54) is 6.92 Å². The maximum Gasteiger partial charge on any atom is 0.443 e. The molecule has 0 radical (unpaired) electrons. The summed E-state index contributed by atoms with van der Waals surface area (Å²) < 4.78 is 13.4. The van der Waals surface area contributed by atoms with Crippen LogP contribution < -0.4 is 0 Å². The first-order valence-corrected chi connectivity index (χ1v) is 5.48. The number of fused-ring (bicyclic) bond motifs is 3. The molecule has 3 N–H and O–H groups in total. The van der Waals surface area contributed by atoms with Gasteiger partial charge in [-0.25, -0.2) is 4.79 Å². The van der Waals surface area contributed by atoms with E-state index in [0.717, 1.165) is 0 Å². The summed E-state index contributed by atoms with van der Waals surface area (Å²) in [7, 11) is 0. The van der Waals surface area contributed by atoms with Gasteiger partial charge in [0.25, 0.3) is 0 Å². The van der Waals surface area contributed by atoms with Crippen molar-refractivity contribution in [1.29, 1.82) is 0 Å². The third kappa shape index (κ3) is 1.95. The van der Waals surface area contributed by atoms with Gasteiger partial charge in [-0.1, -0.05) is 6.92 Å². The summed E-state index contributed by atoms with van der Waals surface area (Å²) in [6, 6.07) is 0. The molecule has 2 fully saturated rings. The molecule has 2 heterocycles. The van der Waals surface area contributed by atoms with Crippen molar-refractivity contribution < 1.29 is 43.9 Å². The molecule has 19 heavy (non-hydrogen) atoms. The highest BCUT2D eigenvalue weighted by Gasteiger charge is 2.66. The summed E-state index contributed by atoms with van der Waals surface area (Å²) in [6.45, 7) is 1.30. The van der Waals surface area contributed by atoms with Gasteiger partial charge in [0.2, 0.25) is 0 Å². The molecule has 2 saturated heterocycles. The molecule has 0 aliphatic carbocycles. The van der Waals surface area contributed by atoms with Crippen LogP contribution in [0.15, 0.2) is 0 Å². The summed E-state index contributed by atoms with van der Waals surface area (Å²) in [5, 5.41) is 29.9. The van der Waals surface area contributed by atoms with Crippen LogP contribution in [0.3, 0.4) is 0 Å². The summed E-state index contributed by atoms with van der Waals surface area (Å²) in [5.74, 6) is -9.80. The molecular weight excluding hydrogens is 264 g/mol. The zero-order valence-corrected chi connectivity index (χ0v) is 9.91. The quantitative estimate of drug-likeness (QED) is 0.459. The number of hydrogen-bond donors (Lipinski definition) is 3. The number of aliphatic hydroxyl groups is 3. The number of cyclic esters (lactones) is 1. The predicted octanol–water partition coefficient (Wildman–Crippen LogP) is -2.10. The minimum Gasteiger partial charge on any atom is -0.422 e. The van der Waals surface area contributed by atoms with Crippen LogP contribution in [-0.4, -0.2) is 50.6 Å². The van der Waals surface area contributed by atoms with Crippen LogP contribution in [0, 0.1) is 0 Å². The first kappa shape index (κ1) is 13.7. The van der Waals surface area contributed by atoms with Crippen LogP contribution in [0.4, 0.5) is 0 Å². The highest BCUT2D eigenvalue weighted by molar-refractivity contribution is 5.92. The molecule has 3 atom stereocenters. The van der Waals surface area contributed by atoms with E-state index in [1.807, 2.05) is 0 Å². The Hall–Kier alpha value is -1.71. The number of carbonyl (C=O) groups is 3. The molecular formula is C10H12O9. The smallest absolute Gasteiger partial charge is 0.422 e. The topological polar surface area (TPSA) is 140 Å². The third-order valence-electron chi connectivity index (χ3n) is 2.99. The lowest BCUT2D eigenvalue weighted by molar-refractivity contribution is -0.444. The van der Waals surface area contributed by atoms with Crippen LogP contribution in [-0.2, 0) is 28.6 Å². The third-order valence-corrected chi connectivity index (χ3v) is 2.99. The molecule has 0 amide bonds. The molecule has 2 bridgehead atoms. The summed E-state index contributed by atoms with van der Waals surface area (Å²) >= 11 is 0. The molecule has 2 aliphatic rings. The van der Waals surface area contributed by atoms with Crippen LogP contribution in [0.5, 0.6) is 0 Å². The van der Waals surface area contributed by atoms with Crippen molar-refractivity contribution in [3.05, 3.63) is 0 Å². The number of ether oxygens (including phenoxy) is 3. The minimum absolute atomic E-state index is 0.422. The van der Waals surface area contributed by atoms with E-state index in [2.05, 4.69) is 14.2 Å². The average Bonchev–Trinajstić information content (AvgIpc) is 2.31. The van der Waals surface area contributed by atoms with Crippen molar-refractivity contribution in [3.63, 3.8) is 0 Å². The fourth-order valence-corrected chi connectivity index (χ4v) is 1.86. The van der Waals surface area contributed by atoms with Crippen molar-refractivity contribution in [2.24, 2.45) is 0 Å². The first-order chi connectivity index (χ1) is 8.64. The molecule has 106 valence electrons. The van der Waals surface area contributed by atoms with Crippen LogP contribution in [0.2, 0.25) is 0 Å². The largest absolute Gasteiger partial charge is 0.443 e. The maximum atomic E-state index is 11.7. The predicted molar refractivity (Wildman–Crippen MR) is 52.7 cm³/mol. The van der Waals surface area contributed by atoms with Gasteiger partial charge in [0.1, 0.15) is 0 Å². The van der Waals surface area contributed by atoms with Crippen molar-refractivity contribution in [1.82, 2.24) is 0 Å². The standard InChI is InChI=1S/C10H12O9/c1-2-9(15)10(16)18-6(12)4-8(14,7(13)19-10)3-5(11)17-9/h14-16H,2-4H2,1H3. The Balaban J connectivity index is 2.57. The monoisotopic (exact) mass is 276 g/mol. The molecule has 0 aromatic carbocycles. The Kier molecular flexibility index (Phi) is 2.81. The zero-order valence-electron chi connectivity index (χ0n) is 9.91. The van der Waals surface area contributed by atoms with Crippen molar-refractivity contribution in [2.45, 2.75) is 43.5 Å². The molecule has 9 nitrogen and oxygen atoms in total. The molecule has 0 spiro atoms. The van der Waals surface area contributed by atoms with Crippen LogP contribution in [0.25, 0.3) is 0 Å². The van der Waals surface area contributed by atoms with Gasteiger partial charge in [-0.3, -0.25) is 9.59 Å². The second kappa shape index (κ2) is 3.89. The Labute approximate surface area is 106 Å². The van der Waals surface area contributed by atoms with E-state index in [4.69, 9.17) is 0 Å². The Bertz CT molecular complexity index is 460. The second-order valence-electron chi connectivity index (χ2n) is 4.44. The lowest BCUT2D eigenvalue weighted by Gasteiger charge is -2.39. The van der Waals surface area contributed by atoms with Crippen LogP contribution >= 0.6 is 0 Å². The number of rotatable bonds is 1. The fourth-order valence-electron chi connectivity index (χ4n) is 1.86. The Morgan fingerprint density at radius 2 is 1.53 bits per heavy atom. The minimum atomic E-state index is -3.20. The molecule has 0 aromatic rings. The lowest BCUT2D eigenvalue weighted by atomic mass is 9.95. The van der Waals surface area contributed by atoms with Crippen LogP contribution in [0.1, 0.15) is 26.2 Å². The summed E-state index contributed by atoms with van der Waals surface area (Å²) in [5.41, 5.74) is -2.49. The first-order valence-electron chi connectivity index (χ1n) is 5.48. The van der Waals surface area contributed by atoms with Gasteiger partial charge in [-0.2, -0.15) is 0 Å². The van der Waals surface area contributed by atoms with Gasteiger partial charge in [0, 0.05) is 6.42 Å². The Morgan fingerprint density at radius 1 is 1.00 bits per heavy atom. The van der Waals surface area contributed by atoms with Crippen molar-refractivity contribution in [3.8, 4) is 0 Å². The average molecular weight is 276 g/mol. The fraction of sp³-hybridized carbons (Fsp3) is 0.700. The van der Waals surface area contributed by atoms with Crippen molar-refractivity contribution in [2.75, 3.05) is 0 Å². The second-order valence-corrected chi connectivity index (χ2v) is 4.44. The molecule has 0 saturated carbocycles. The molecule has 2 rings (SSSR count). The van der Waals surface area contributed by atoms with E-state index in [1.54, 1.807) is 0 Å². The van der Waals surface area contributed by atoms with Gasteiger partial charge < -0.3 is 29.5 Å². The summed E-state index contributed by atoms with van der Waals surface area (Å²) in [4.78, 5) is 34.7. The SMILES string of the molecule is CCC1(O)OC(=O)CC2(O)CC(=O)OC1(O)OC2=O. The summed E-state index contributed by atoms with van der Waals surface area (Å²) in [6.07, 6.45) is -2.23. The highest BCUT2D eigenvalue weighted by atomic mass is 16.9. The molecule has 9 heteroatoms.